The topological polar surface area (TPSA) is 87.4 Å². The van der Waals surface area contributed by atoms with Crippen molar-refractivity contribution in [1.29, 1.82) is 0 Å². The lowest BCUT2D eigenvalue weighted by atomic mass is 10.0. The Labute approximate surface area is 172 Å². The largest absolute Gasteiger partial charge is 0.505 e. The van der Waals surface area contributed by atoms with Crippen molar-refractivity contribution in [3.8, 4) is 11.6 Å². The van der Waals surface area contributed by atoms with Gasteiger partial charge in [-0.1, -0.05) is 18.2 Å². The summed E-state index contributed by atoms with van der Waals surface area (Å²) in [6.45, 7) is -1.48. The van der Waals surface area contributed by atoms with Gasteiger partial charge in [-0.3, -0.25) is 9.78 Å². The Hall–Kier alpha value is -3.82. The molecule has 0 saturated heterocycles. The zero-order valence-corrected chi connectivity index (χ0v) is 15.7. The summed E-state index contributed by atoms with van der Waals surface area (Å²) in [7, 11) is 0. The number of aromatic hydroxyl groups is 2. The van der Waals surface area contributed by atoms with E-state index in [1.807, 2.05) is 5.32 Å². The number of hydrogen-bond acceptors (Lipinski definition) is 4. The molecule has 31 heavy (non-hydrogen) atoms. The van der Waals surface area contributed by atoms with Crippen LogP contribution < -0.4 is 5.32 Å². The van der Waals surface area contributed by atoms with E-state index in [4.69, 9.17) is 0 Å². The van der Waals surface area contributed by atoms with Gasteiger partial charge >= 0.3 is 6.18 Å². The van der Waals surface area contributed by atoms with E-state index in [1.54, 1.807) is 0 Å². The highest BCUT2D eigenvalue weighted by molar-refractivity contribution is 6.21. The van der Waals surface area contributed by atoms with Gasteiger partial charge in [-0.2, -0.15) is 13.2 Å². The van der Waals surface area contributed by atoms with Crippen LogP contribution in [0.2, 0.25) is 0 Å². The van der Waals surface area contributed by atoms with Crippen LogP contribution in [0.4, 0.5) is 17.6 Å². The van der Waals surface area contributed by atoms with Gasteiger partial charge in [-0.15, -0.1) is 0 Å². The number of benzene rings is 2. The number of phenols is 1. The molecule has 0 aliphatic carbocycles. The lowest BCUT2D eigenvalue weighted by Gasteiger charge is -2.12. The molecular weight excluding hydrogens is 418 g/mol. The van der Waals surface area contributed by atoms with Crippen molar-refractivity contribution < 1.29 is 32.6 Å². The number of carbonyl (C=O) groups is 1. The Morgan fingerprint density at radius 1 is 1.10 bits per heavy atom. The molecule has 1 amide bonds. The van der Waals surface area contributed by atoms with Crippen LogP contribution in [0.15, 0.2) is 48.8 Å². The van der Waals surface area contributed by atoms with E-state index < -0.39 is 36.1 Å². The highest BCUT2D eigenvalue weighted by atomic mass is 19.4. The second-order valence-electron chi connectivity index (χ2n) is 6.92. The number of carbonyl (C=O) groups excluding carboxylic acids is 1. The fourth-order valence-corrected chi connectivity index (χ4v) is 3.45. The Morgan fingerprint density at radius 2 is 1.81 bits per heavy atom. The van der Waals surface area contributed by atoms with E-state index in [-0.39, 0.29) is 33.8 Å². The maximum atomic E-state index is 13.2. The molecule has 4 aromatic rings. The van der Waals surface area contributed by atoms with Gasteiger partial charge in [0.05, 0.1) is 17.5 Å². The summed E-state index contributed by atoms with van der Waals surface area (Å²) in [6.07, 6.45) is -1.92. The Bertz CT molecular complexity index is 1300. The highest BCUT2D eigenvalue weighted by Gasteiger charge is 2.30. The minimum Gasteiger partial charge on any atom is -0.505 e. The van der Waals surface area contributed by atoms with E-state index in [0.717, 1.165) is 0 Å². The van der Waals surface area contributed by atoms with Crippen LogP contribution in [0.5, 0.6) is 11.6 Å². The Kier molecular flexibility index (Phi) is 4.92. The first-order chi connectivity index (χ1) is 14.7. The zero-order chi connectivity index (χ0) is 22.3. The number of nitrogens with one attached hydrogen (secondary N) is 1. The van der Waals surface area contributed by atoms with Crippen LogP contribution in [-0.4, -0.2) is 38.4 Å². The standard InChI is InChI=1S/C21H15F4N3O3/c22-12-5-3-11(4-6-12)8-28-9-14-15(19(30)27-10-21(23,24)25)13-2-1-7-26-17(13)18(29)16(14)20(28)31/h1-7,9,29,31H,8,10H2,(H,27,30). The van der Waals surface area contributed by atoms with Crippen molar-refractivity contribution in [3.05, 3.63) is 65.7 Å². The number of rotatable bonds is 4. The monoisotopic (exact) mass is 433 g/mol. The van der Waals surface area contributed by atoms with Crippen LogP contribution >= 0.6 is 0 Å². The third kappa shape index (κ3) is 3.83. The Morgan fingerprint density at radius 3 is 2.48 bits per heavy atom. The van der Waals surface area contributed by atoms with E-state index >= 15 is 0 Å². The predicted octanol–water partition coefficient (Wildman–Crippen LogP) is 4.08. The highest BCUT2D eigenvalue weighted by Crippen LogP contribution is 2.42. The first kappa shape index (κ1) is 20.5. The van der Waals surface area contributed by atoms with Gasteiger partial charge < -0.3 is 20.1 Å². The summed E-state index contributed by atoms with van der Waals surface area (Å²) >= 11 is 0. The van der Waals surface area contributed by atoms with Gasteiger partial charge in [0.25, 0.3) is 5.91 Å². The minimum atomic E-state index is -4.61. The molecule has 160 valence electrons. The predicted molar refractivity (Wildman–Crippen MR) is 104 cm³/mol. The van der Waals surface area contributed by atoms with Gasteiger partial charge in [0.1, 0.15) is 17.9 Å². The third-order valence-corrected chi connectivity index (χ3v) is 4.80. The molecule has 0 radical (unpaired) electrons. The normalized spacial score (nSPS) is 11.9. The molecule has 2 aromatic carbocycles. The van der Waals surface area contributed by atoms with Crippen molar-refractivity contribution in [3.63, 3.8) is 0 Å². The van der Waals surface area contributed by atoms with E-state index in [9.17, 15) is 32.6 Å². The van der Waals surface area contributed by atoms with Crippen LogP contribution in [0.25, 0.3) is 21.7 Å². The van der Waals surface area contributed by atoms with Crippen molar-refractivity contribution in [2.24, 2.45) is 0 Å². The van der Waals surface area contributed by atoms with Gasteiger partial charge in [-0.25, -0.2) is 4.39 Å². The minimum absolute atomic E-state index is 0.0398. The van der Waals surface area contributed by atoms with Gasteiger partial charge in [0.2, 0.25) is 5.88 Å². The molecule has 0 unspecified atom stereocenters. The summed E-state index contributed by atoms with van der Waals surface area (Å²) in [6, 6.07) is 8.38. The summed E-state index contributed by atoms with van der Waals surface area (Å²) in [5, 5.41) is 23.3. The number of phenolic OH excluding ortho intramolecular Hbond substituents is 1. The van der Waals surface area contributed by atoms with Gasteiger partial charge in [0.15, 0.2) is 5.75 Å². The number of fused-ring (bicyclic) bond motifs is 2. The average Bonchev–Trinajstić information content (AvgIpc) is 3.04. The Balaban J connectivity index is 1.90. The molecule has 0 aliphatic rings. The fourth-order valence-electron chi connectivity index (χ4n) is 3.45. The molecule has 3 N–H and O–H groups in total. The van der Waals surface area contributed by atoms with Crippen LogP contribution in [-0.2, 0) is 6.54 Å². The molecule has 4 rings (SSSR count). The fraction of sp³-hybridized carbons (Fsp3) is 0.143. The van der Waals surface area contributed by atoms with E-state index in [2.05, 4.69) is 4.98 Å². The van der Waals surface area contributed by atoms with Crippen molar-refractivity contribution in [2.45, 2.75) is 12.7 Å². The molecule has 0 bridgehead atoms. The van der Waals surface area contributed by atoms with E-state index in [0.29, 0.717) is 5.56 Å². The van der Waals surface area contributed by atoms with Crippen LogP contribution in [0.3, 0.4) is 0 Å². The van der Waals surface area contributed by atoms with Crippen LogP contribution in [0, 0.1) is 5.82 Å². The second kappa shape index (κ2) is 7.46. The summed E-state index contributed by atoms with van der Waals surface area (Å²) in [4.78, 5) is 16.7. The molecule has 0 atom stereocenters. The molecule has 10 heteroatoms. The zero-order valence-electron chi connectivity index (χ0n) is 15.7. The number of alkyl halides is 3. The summed E-state index contributed by atoms with van der Waals surface area (Å²) in [5.74, 6) is -2.29. The molecule has 6 nitrogen and oxygen atoms in total. The number of nitrogens with zero attached hydrogens (tertiary/aromatic N) is 2. The third-order valence-electron chi connectivity index (χ3n) is 4.80. The molecule has 2 heterocycles. The first-order valence-electron chi connectivity index (χ1n) is 9.06. The maximum absolute atomic E-state index is 13.2. The van der Waals surface area contributed by atoms with Crippen molar-refractivity contribution >= 4 is 27.6 Å². The SMILES string of the molecule is O=C(NCC(F)(F)F)c1c2cccnc2c(O)c2c(O)n(Cc3ccc(F)cc3)cc12. The van der Waals surface area contributed by atoms with E-state index in [1.165, 1.54) is 53.4 Å². The quantitative estimate of drug-likeness (QED) is 0.424. The number of aromatic nitrogens is 2. The molecule has 2 aromatic heterocycles. The van der Waals surface area contributed by atoms with Crippen molar-refractivity contribution in [1.82, 2.24) is 14.9 Å². The molecule has 0 spiro atoms. The number of pyridine rings is 1. The maximum Gasteiger partial charge on any atom is 0.405 e. The molecular formula is C21H15F4N3O3. The molecule has 0 fully saturated rings. The smallest absolute Gasteiger partial charge is 0.405 e. The molecule has 0 saturated carbocycles. The lowest BCUT2D eigenvalue weighted by molar-refractivity contribution is -0.123. The summed E-state index contributed by atoms with van der Waals surface area (Å²) in [5.41, 5.74) is 0.414. The number of hydrogen-bond donors (Lipinski definition) is 3. The lowest BCUT2D eigenvalue weighted by Crippen LogP contribution is -2.33. The van der Waals surface area contributed by atoms with Crippen molar-refractivity contribution in [2.75, 3.05) is 6.54 Å². The number of amides is 1. The first-order valence-corrected chi connectivity index (χ1v) is 9.06. The van der Waals surface area contributed by atoms with Gasteiger partial charge in [-0.05, 0) is 23.8 Å². The van der Waals surface area contributed by atoms with Gasteiger partial charge in [0, 0.05) is 23.2 Å². The van der Waals surface area contributed by atoms with Crippen LogP contribution in [0.1, 0.15) is 15.9 Å². The number of halogens is 4. The molecule has 0 aliphatic heterocycles. The summed E-state index contributed by atoms with van der Waals surface area (Å²) < 4.78 is 52.3. The second-order valence-corrected chi connectivity index (χ2v) is 6.92. The average molecular weight is 433 g/mol.